The number of esters is 1. The summed E-state index contributed by atoms with van der Waals surface area (Å²) in [5, 5.41) is 3.46. The van der Waals surface area contributed by atoms with Gasteiger partial charge in [0, 0.05) is 35.2 Å². The SMILES string of the molecule is CCOC(=O)C1=C(C)N(Cc2ccc(C(=O)NCc3ccccc3)cc2)C(=O)CC1c1cccc(Cl)c1. The van der Waals surface area contributed by atoms with Crippen LogP contribution in [0.5, 0.6) is 0 Å². The highest BCUT2D eigenvalue weighted by Gasteiger charge is 2.37. The van der Waals surface area contributed by atoms with Crippen molar-refractivity contribution >= 4 is 29.4 Å². The Morgan fingerprint density at radius 3 is 2.41 bits per heavy atom. The summed E-state index contributed by atoms with van der Waals surface area (Å²) in [5.41, 5.74) is 4.22. The van der Waals surface area contributed by atoms with E-state index in [1.54, 1.807) is 43.0 Å². The van der Waals surface area contributed by atoms with Crippen molar-refractivity contribution in [2.75, 3.05) is 6.61 Å². The molecule has 3 aromatic rings. The molecule has 7 heteroatoms. The van der Waals surface area contributed by atoms with Crippen LogP contribution in [-0.2, 0) is 27.4 Å². The lowest BCUT2D eigenvalue weighted by Gasteiger charge is -2.34. The van der Waals surface area contributed by atoms with Crippen molar-refractivity contribution in [2.24, 2.45) is 0 Å². The lowest BCUT2D eigenvalue weighted by atomic mass is 9.83. The van der Waals surface area contributed by atoms with Crippen LogP contribution in [0.15, 0.2) is 90.1 Å². The van der Waals surface area contributed by atoms with Gasteiger partial charge in [0.25, 0.3) is 5.91 Å². The van der Waals surface area contributed by atoms with Crippen molar-refractivity contribution in [3.63, 3.8) is 0 Å². The van der Waals surface area contributed by atoms with E-state index in [1.165, 1.54) is 0 Å². The van der Waals surface area contributed by atoms with Crippen LogP contribution in [0.1, 0.15) is 53.2 Å². The summed E-state index contributed by atoms with van der Waals surface area (Å²) in [7, 11) is 0. The number of hydrogen-bond acceptors (Lipinski definition) is 4. The van der Waals surface area contributed by atoms with Gasteiger partial charge in [-0.15, -0.1) is 0 Å². The zero-order chi connectivity index (χ0) is 26.4. The summed E-state index contributed by atoms with van der Waals surface area (Å²) in [6.45, 7) is 4.48. The molecule has 0 spiro atoms. The third kappa shape index (κ3) is 6.27. The van der Waals surface area contributed by atoms with Gasteiger partial charge in [-0.3, -0.25) is 9.59 Å². The Kier molecular flexibility index (Phi) is 8.41. The Morgan fingerprint density at radius 1 is 1.00 bits per heavy atom. The Labute approximate surface area is 221 Å². The normalized spacial score (nSPS) is 15.5. The number of allylic oxidation sites excluding steroid dienone is 1. The molecule has 1 heterocycles. The number of amides is 2. The predicted molar refractivity (Wildman–Crippen MR) is 143 cm³/mol. The summed E-state index contributed by atoms with van der Waals surface area (Å²) >= 11 is 6.19. The number of halogens is 1. The molecule has 1 N–H and O–H groups in total. The van der Waals surface area contributed by atoms with Crippen LogP contribution in [-0.4, -0.2) is 29.3 Å². The molecule has 0 aliphatic carbocycles. The van der Waals surface area contributed by atoms with Crippen LogP contribution in [0.2, 0.25) is 5.02 Å². The molecule has 0 saturated carbocycles. The highest BCUT2D eigenvalue weighted by atomic mass is 35.5. The van der Waals surface area contributed by atoms with E-state index >= 15 is 0 Å². The molecule has 0 bridgehead atoms. The average Bonchev–Trinajstić information content (AvgIpc) is 2.90. The maximum absolute atomic E-state index is 13.2. The molecule has 37 heavy (non-hydrogen) atoms. The summed E-state index contributed by atoms with van der Waals surface area (Å²) in [5.74, 6) is -1.14. The molecule has 2 amide bonds. The summed E-state index contributed by atoms with van der Waals surface area (Å²) < 4.78 is 5.35. The van der Waals surface area contributed by atoms with Gasteiger partial charge in [-0.05, 0) is 54.8 Å². The molecular weight excluding hydrogens is 488 g/mol. The van der Waals surface area contributed by atoms with Gasteiger partial charge in [0.05, 0.1) is 18.7 Å². The summed E-state index contributed by atoms with van der Waals surface area (Å²) in [4.78, 5) is 40.4. The minimum absolute atomic E-state index is 0.0970. The van der Waals surface area contributed by atoms with Gasteiger partial charge in [-0.25, -0.2) is 4.79 Å². The van der Waals surface area contributed by atoms with Gasteiger partial charge in [0.1, 0.15) is 0 Å². The monoisotopic (exact) mass is 516 g/mol. The minimum atomic E-state index is -0.437. The number of rotatable bonds is 8. The van der Waals surface area contributed by atoms with Gasteiger partial charge in [0.2, 0.25) is 5.91 Å². The number of nitrogens with one attached hydrogen (secondary N) is 1. The van der Waals surface area contributed by atoms with Crippen molar-refractivity contribution in [3.05, 3.63) is 117 Å². The van der Waals surface area contributed by atoms with Gasteiger partial charge in [-0.1, -0.05) is 66.2 Å². The first-order valence-electron chi connectivity index (χ1n) is 12.2. The van der Waals surface area contributed by atoms with E-state index in [1.807, 2.05) is 54.6 Å². The zero-order valence-corrected chi connectivity index (χ0v) is 21.6. The number of carbonyl (C=O) groups is 3. The second kappa shape index (κ2) is 11.9. The van der Waals surface area contributed by atoms with Crippen molar-refractivity contribution in [1.29, 1.82) is 0 Å². The maximum Gasteiger partial charge on any atom is 0.336 e. The Balaban J connectivity index is 1.53. The molecule has 1 unspecified atom stereocenters. The fourth-order valence-corrected chi connectivity index (χ4v) is 4.71. The van der Waals surface area contributed by atoms with Gasteiger partial charge in [-0.2, -0.15) is 0 Å². The van der Waals surface area contributed by atoms with E-state index in [2.05, 4.69) is 5.32 Å². The average molecular weight is 517 g/mol. The molecule has 3 aromatic carbocycles. The van der Waals surface area contributed by atoms with E-state index in [0.29, 0.717) is 28.4 Å². The molecule has 1 atom stereocenters. The largest absolute Gasteiger partial charge is 0.463 e. The molecule has 0 aromatic heterocycles. The van der Waals surface area contributed by atoms with Crippen LogP contribution >= 0.6 is 11.6 Å². The molecule has 6 nitrogen and oxygen atoms in total. The molecule has 0 saturated heterocycles. The van der Waals surface area contributed by atoms with Gasteiger partial charge in [0.15, 0.2) is 0 Å². The number of ether oxygens (including phenoxy) is 1. The van der Waals surface area contributed by atoms with E-state index in [0.717, 1.165) is 16.7 Å². The maximum atomic E-state index is 13.2. The first kappa shape index (κ1) is 26.2. The zero-order valence-electron chi connectivity index (χ0n) is 20.9. The fourth-order valence-electron chi connectivity index (χ4n) is 4.51. The first-order chi connectivity index (χ1) is 17.9. The smallest absolute Gasteiger partial charge is 0.336 e. The number of carbonyl (C=O) groups excluding carboxylic acids is 3. The minimum Gasteiger partial charge on any atom is -0.463 e. The third-order valence-electron chi connectivity index (χ3n) is 6.42. The van der Waals surface area contributed by atoms with E-state index < -0.39 is 11.9 Å². The number of benzene rings is 3. The van der Waals surface area contributed by atoms with Gasteiger partial charge < -0.3 is 15.0 Å². The summed E-state index contributed by atoms with van der Waals surface area (Å²) in [6.07, 6.45) is 0.131. The van der Waals surface area contributed by atoms with Crippen molar-refractivity contribution in [1.82, 2.24) is 10.2 Å². The van der Waals surface area contributed by atoms with E-state index in [4.69, 9.17) is 16.3 Å². The Morgan fingerprint density at radius 2 is 1.73 bits per heavy atom. The predicted octanol–water partition coefficient (Wildman–Crippen LogP) is 5.62. The van der Waals surface area contributed by atoms with Crippen molar-refractivity contribution < 1.29 is 19.1 Å². The van der Waals surface area contributed by atoms with Gasteiger partial charge >= 0.3 is 5.97 Å². The molecule has 4 rings (SSSR count). The van der Waals surface area contributed by atoms with Crippen LogP contribution in [0.25, 0.3) is 0 Å². The van der Waals surface area contributed by atoms with E-state index in [-0.39, 0.29) is 31.4 Å². The first-order valence-corrected chi connectivity index (χ1v) is 12.6. The van der Waals surface area contributed by atoms with Crippen LogP contribution in [0.3, 0.4) is 0 Å². The third-order valence-corrected chi connectivity index (χ3v) is 6.66. The highest BCUT2D eigenvalue weighted by Crippen LogP contribution is 2.38. The molecule has 1 aliphatic rings. The second-order valence-electron chi connectivity index (χ2n) is 8.88. The molecule has 0 fully saturated rings. The van der Waals surface area contributed by atoms with Crippen LogP contribution < -0.4 is 5.32 Å². The lowest BCUT2D eigenvalue weighted by molar-refractivity contribution is -0.140. The highest BCUT2D eigenvalue weighted by molar-refractivity contribution is 6.30. The molecule has 1 aliphatic heterocycles. The standard InChI is InChI=1S/C30H29ClN2O4/c1-3-37-30(36)28-20(2)33(27(34)17-26(28)24-10-7-11-25(31)16-24)19-22-12-14-23(15-13-22)29(35)32-18-21-8-5-4-6-9-21/h4-16,26H,3,17-19H2,1-2H3,(H,32,35). The van der Waals surface area contributed by atoms with Crippen molar-refractivity contribution in [3.8, 4) is 0 Å². The topological polar surface area (TPSA) is 75.7 Å². The van der Waals surface area contributed by atoms with Crippen LogP contribution in [0.4, 0.5) is 0 Å². The van der Waals surface area contributed by atoms with E-state index in [9.17, 15) is 14.4 Å². The van der Waals surface area contributed by atoms with Crippen molar-refractivity contribution in [2.45, 2.75) is 39.3 Å². The fraction of sp³-hybridized carbons (Fsp3) is 0.233. The molecule has 0 radical (unpaired) electrons. The second-order valence-corrected chi connectivity index (χ2v) is 9.31. The lowest BCUT2D eigenvalue weighted by Crippen LogP contribution is -2.38. The quantitative estimate of drug-likeness (QED) is 0.394. The number of hydrogen-bond donors (Lipinski definition) is 1. The number of nitrogens with zero attached hydrogens (tertiary/aromatic N) is 1. The molecule has 190 valence electrons. The Hall–Kier alpha value is -3.90. The Bertz CT molecular complexity index is 1320. The molecular formula is C30H29ClN2O4. The summed E-state index contributed by atoms with van der Waals surface area (Å²) in [6, 6.07) is 24.0. The van der Waals surface area contributed by atoms with Crippen LogP contribution in [0, 0.1) is 0 Å².